The van der Waals surface area contributed by atoms with Gasteiger partial charge in [0.1, 0.15) is 6.10 Å². The zero-order chi connectivity index (χ0) is 17.7. The summed E-state index contributed by atoms with van der Waals surface area (Å²) in [7, 11) is -3.44. The van der Waals surface area contributed by atoms with Gasteiger partial charge in [0, 0.05) is 25.4 Å². The lowest BCUT2D eigenvalue weighted by atomic mass is 10.1. The Labute approximate surface area is 148 Å². The van der Waals surface area contributed by atoms with Gasteiger partial charge in [-0.1, -0.05) is 25.5 Å². The fourth-order valence-corrected chi connectivity index (χ4v) is 4.45. The zero-order valence-corrected chi connectivity index (χ0v) is 15.2. The van der Waals surface area contributed by atoms with Crippen LogP contribution in [-0.2, 0) is 16.4 Å². The molecule has 0 spiro atoms. The van der Waals surface area contributed by atoms with Crippen LogP contribution in [0.25, 0.3) is 0 Å². The molecule has 0 N–H and O–H groups in total. The van der Waals surface area contributed by atoms with E-state index in [1.165, 1.54) is 0 Å². The van der Waals surface area contributed by atoms with Crippen molar-refractivity contribution < 1.29 is 13.2 Å². The van der Waals surface area contributed by atoms with Gasteiger partial charge in [0.25, 0.3) is 0 Å². The van der Waals surface area contributed by atoms with Crippen molar-refractivity contribution in [1.29, 1.82) is 0 Å². The molecule has 1 aromatic heterocycles. The zero-order valence-electron chi connectivity index (χ0n) is 14.3. The molecule has 2 aromatic rings. The normalized spacial score (nSPS) is 16.7. The van der Waals surface area contributed by atoms with E-state index in [-0.39, 0.29) is 6.10 Å². The van der Waals surface area contributed by atoms with Gasteiger partial charge < -0.3 is 4.74 Å². The number of aromatic nitrogens is 2. The molecule has 3 rings (SSSR count). The second kappa shape index (κ2) is 7.93. The van der Waals surface area contributed by atoms with E-state index >= 15 is 0 Å². The van der Waals surface area contributed by atoms with Gasteiger partial charge in [0.15, 0.2) is 0 Å². The predicted molar refractivity (Wildman–Crippen MR) is 94.9 cm³/mol. The molecule has 0 bridgehead atoms. The van der Waals surface area contributed by atoms with Gasteiger partial charge >= 0.3 is 0 Å². The number of sulfonamides is 1. The van der Waals surface area contributed by atoms with Crippen LogP contribution in [0.5, 0.6) is 5.88 Å². The summed E-state index contributed by atoms with van der Waals surface area (Å²) in [4.78, 5) is 0.362. The molecule has 1 saturated heterocycles. The lowest BCUT2D eigenvalue weighted by molar-refractivity contribution is 0.128. The molecule has 0 amide bonds. The van der Waals surface area contributed by atoms with Gasteiger partial charge in [-0.3, -0.25) is 0 Å². The van der Waals surface area contributed by atoms with Crippen LogP contribution in [0, 0.1) is 0 Å². The molecule has 0 atom stereocenters. The third-order valence-corrected chi connectivity index (χ3v) is 6.25. The quantitative estimate of drug-likeness (QED) is 0.791. The van der Waals surface area contributed by atoms with E-state index in [1.807, 2.05) is 12.1 Å². The first kappa shape index (κ1) is 17.8. The molecule has 1 fully saturated rings. The van der Waals surface area contributed by atoms with Crippen molar-refractivity contribution in [1.82, 2.24) is 14.5 Å². The van der Waals surface area contributed by atoms with Crippen LogP contribution >= 0.6 is 0 Å². The highest BCUT2D eigenvalue weighted by Gasteiger charge is 2.30. The Bertz CT molecular complexity index is 771. The highest BCUT2D eigenvalue weighted by atomic mass is 32.2. The van der Waals surface area contributed by atoms with Gasteiger partial charge in [0.05, 0.1) is 4.90 Å². The maximum atomic E-state index is 12.8. The van der Waals surface area contributed by atoms with Crippen molar-refractivity contribution in [2.45, 2.75) is 43.6 Å². The van der Waals surface area contributed by atoms with E-state index in [2.05, 4.69) is 17.1 Å². The summed E-state index contributed by atoms with van der Waals surface area (Å²) in [5.74, 6) is 0.482. The topological polar surface area (TPSA) is 72.4 Å². The molecule has 1 aliphatic rings. The number of hydrogen-bond donors (Lipinski definition) is 0. The highest BCUT2D eigenvalue weighted by molar-refractivity contribution is 7.89. The number of aryl methyl sites for hydroxylation is 1. The van der Waals surface area contributed by atoms with Crippen LogP contribution in [0.1, 0.15) is 31.7 Å². The third-order valence-electron chi connectivity index (χ3n) is 4.34. The van der Waals surface area contributed by atoms with E-state index in [1.54, 1.807) is 34.8 Å². The van der Waals surface area contributed by atoms with Crippen LogP contribution in [0.15, 0.2) is 47.5 Å². The van der Waals surface area contributed by atoms with Gasteiger partial charge in [-0.05, 0) is 43.0 Å². The van der Waals surface area contributed by atoms with E-state index in [0.29, 0.717) is 36.7 Å². The highest BCUT2D eigenvalue weighted by Crippen LogP contribution is 2.23. The maximum absolute atomic E-state index is 12.8. The van der Waals surface area contributed by atoms with Crippen LogP contribution in [0.4, 0.5) is 0 Å². The summed E-state index contributed by atoms with van der Waals surface area (Å²) in [5.41, 5.74) is 1.16. The lowest BCUT2D eigenvalue weighted by Gasteiger charge is -2.31. The van der Waals surface area contributed by atoms with Gasteiger partial charge in [-0.2, -0.15) is 9.40 Å². The van der Waals surface area contributed by atoms with E-state index in [0.717, 1.165) is 18.4 Å². The standard InChI is InChI=1S/C18H23N3O3S/c1-2-4-15-6-8-17(9-7-15)25(22,23)21-13-10-16(11-14-21)24-18-5-3-12-19-20-18/h3,5-9,12,16H,2,4,10-11,13-14H2,1H3. The van der Waals surface area contributed by atoms with Gasteiger partial charge in [-0.25, -0.2) is 8.42 Å². The summed E-state index contributed by atoms with van der Waals surface area (Å²) in [6.07, 6.45) is 4.85. The van der Waals surface area contributed by atoms with Crippen molar-refractivity contribution >= 4 is 10.0 Å². The van der Waals surface area contributed by atoms with Gasteiger partial charge in [0.2, 0.25) is 15.9 Å². The molecule has 1 aromatic carbocycles. The van der Waals surface area contributed by atoms with Crippen LogP contribution in [0.3, 0.4) is 0 Å². The van der Waals surface area contributed by atoms with Gasteiger partial charge in [-0.15, -0.1) is 5.10 Å². The average molecular weight is 361 g/mol. The first-order valence-corrected chi connectivity index (χ1v) is 10.1. The lowest BCUT2D eigenvalue weighted by Crippen LogP contribution is -2.41. The molecule has 2 heterocycles. The average Bonchev–Trinajstić information content (AvgIpc) is 2.64. The Morgan fingerprint density at radius 3 is 2.48 bits per heavy atom. The second-order valence-electron chi connectivity index (χ2n) is 6.18. The number of hydrogen-bond acceptors (Lipinski definition) is 5. The summed E-state index contributed by atoms with van der Waals surface area (Å²) in [5, 5.41) is 7.69. The molecule has 0 radical (unpaired) electrons. The molecule has 7 heteroatoms. The first-order chi connectivity index (χ1) is 12.1. The summed E-state index contributed by atoms with van der Waals surface area (Å²) < 4.78 is 32.9. The molecular formula is C18H23N3O3S. The SMILES string of the molecule is CCCc1ccc(S(=O)(=O)N2CCC(Oc3cccnn3)CC2)cc1. The molecule has 134 valence electrons. The number of rotatable bonds is 6. The molecule has 0 unspecified atom stereocenters. The Morgan fingerprint density at radius 2 is 1.88 bits per heavy atom. The van der Waals surface area contributed by atoms with Crippen molar-refractivity contribution in [3.63, 3.8) is 0 Å². The Kier molecular flexibility index (Phi) is 5.65. The summed E-state index contributed by atoms with van der Waals surface area (Å²) >= 11 is 0. The summed E-state index contributed by atoms with van der Waals surface area (Å²) in [6, 6.07) is 10.8. The van der Waals surface area contributed by atoms with Crippen molar-refractivity contribution in [3.05, 3.63) is 48.2 Å². The number of ether oxygens (including phenoxy) is 1. The van der Waals surface area contributed by atoms with E-state index in [9.17, 15) is 8.42 Å². The second-order valence-corrected chi connectivity index (χ2v) is 8.12. The van der Waals surface area contributed by atoms with Crippen LogP contribution in [-0.4, -0.2) is 42.1 Å². The minimum Gasteiger partial charge on any atom is -0.473 e. The first-order valence-electron chi connectivity index (χ1n) is 8.63. The Hall–Kier alpha value is -1.99. The summed E-state index contributed by atoms with van der Waals surface area (Å²) in [6.45, 7) is 3.01. The van der Waals surface area contributed by atoms with Crippen LogP contribution < -0.4 is 4.74 Å². The smallest absolute Gasteiger partial charge is 0.243 e. The molecular weight excluding hydrogens is 338 g/mol. The monoisotopic (exact) mass is 361 g/mol. The minimum absolute atomic E-state index is 0.0323. The van der Waals surface area contributed by atoms with Crippen molar-refractivity contribution in [3.8, 4) is 5.88 Å². The molecule has 1 aliphatic heterocycles. The van der Waals surface area contributed by atoms with Crippen molar-refractivity contribution in [2.75, 3.05) is 13.1 Å². The van der Waals surface area contributed by atoms with Crippen molar-refractivity contribution in [2.24, 2.45) is 0 Å². The molecule has 6 nitrogen and oxygen atoms in total. The largest absolute Gasteiger partial charge is 0.473 e. The molecule has 0 aliphatic carbocycles. The number of nitrogens with zero attached hydrogens (tertiary/aromatic N) is 3. The minimum atomic E-state index is -3.44. The molecule has 25 heavy (non-hydrogen) atoms. The molecule has 0 saturated carbocycles. The Morgan fingerprint density at radius 1 is 1.16 bits per heavy atom. The van der Waals surface area contributed by atoms with E-state index in [4.69, 9.17) is 4.74 Å². The maximum Gasteiger partial charge on any atom is 0.243 e. The number of piperidine rings is 1. The fourth-order valence-electron chi connectivity index (χ4n) is 2.98. The fraction of sp³-hybridized carbons (Fsp3) is 0.444. The Balaban J connectivity index is 1.61. The predicted octanol–water partition coefficient (Wildman–Crippen LogP) is 2.66. The van der Waals surface area contributed by atoms with E-state index < -0.39 is 10.0 Å². The number of benzene rings is 1. The third kappa shape index (κ3) is 4.35. The van der Waals surface area contributed by atoms with Crippen LogP contribution in [0.2, 0.25) is 0 Å².